The minimum Gasteiger partial charge on any atom is -0.353 e. The Bertz CT molecular complexity index is 488. The summed E-state index contributed by atoms with van der Waals surface area (Å²) >= 11 is 6.28. The SMILES string of the molecule is O=C(NC1CCCCCC1)C1(c2ccccc2Cl)CC1. The maximum atomic E-state index is 12.7. The van der Waals surface area contributed by atoms with E-state index in [1.165, 1.54) is 25.7 Å². The van der Waals surface area contributed by atoms with Crippen LogP contribution in [0.3, 0.4) is 0 Å². The summed E-state index contributed by atoms with van der Waals surface area (Å²) in [4.78, 5) is 12.7. The van der Waals surface area contributed by atoms with Gasteiger partial charge in [0.1, 0.15) is 0 Å². The van der Waals surface area contributed by atoms with E-state index in [9.17, 15) is 4.79 Å². The molecule has 1 N–H and O–H groups in total. The van der Waals surface area contributed by atoms with Crippen LogP contribution in [0.25, 0.3) is 0 Å². The molecule has 0 aromatic heterocycles. The minimum atomic E-state index is -0.343. The molecular formula is C17H22ClNO. The molecule has 108 valence electrons. The maximum Gasteiger partial charge on any atom is 0.230 e. The van der Waals surface area contributed by atoms with E-state index in [4.69, 9.17) is 11.6 Å². The average Bonchev–Trinajstić information content (AvgIpc) is 3.24. The standard InChI is InChI=1S/C17H22ClNO/c18-15-10-6-5-9-14(15)17(11-12-17)16(20)19-13-7-3-1-2-4-8-13/h5-6,9-10,13H,1-4,7-8,11-12H2,(H,19,20). The monoisotopic (exact) mass is 291 g/mol. The number of nitrogens with one attached hydrogen (secondary N) is 1. The molecule has 20 heavy (non-hydrogen) atoms. The third-order valence-electron chi connectivity index (χ3n) is 4.76. The molecule has 2 aliphatic carbocycles. The summed E-state index contributed by atoms with van der Waals surface area (Å²) in [6.45, 7) is 0. The summed E-state index contributed by atoms with van der Waals surface area (Å²) in [5.41, 5.74) is 0.665. The molecule has 0 spiro atoms. The lowest BCUT2D eigenvalue weighted by Gasteiger charge is -2.22. The van der Waals surface area contributed by atoms with Gasteiger partial charge in [-0.3, -0.25) is 4.79 Å². The third kappa shape index (κ3) is 2.71. The van der Waals surface area contributed by atoms with E-state index < -0.39 is 0 Å². The Morgan fingerprint density at radius 1 is 1.10 bits per heavy atom. The van der Waals surface area contributed by atoms with Gasteiger partial charge in [0.25, 0.3) is 0 Å². The van der Waals surface area contributed by atoms with E-state index in [-0.39, 0.29) is 11.3 Å². The van der Waals surface area contributed by atoms with Gasteiger partial charge in [-0.25, -0.2) is 0 Å². The third-order valence-corrected chi connectivity index (χ3v) is 5.09. The lowest BCUT2D eigenvalue weighted by molar-refractivity contribution is -0.124. The molecule has 2 fully saturated rings. The van der Waals surface area contributed by atoms with Crippen LogP contribution in [0.15, 0.2) is 24.3 Å². The van der Waals surface area contributed by atoms with Gasteiger partial charge < -0.3 is 5.32 Å². The van der Waals surface area contributed by atoms with Crippen LogP contribution in [0.4, 0.5) is 0 Å². The first-order valence-corrected chi connectivity index (χ1v) is 8.16. The van der Waals surface area contributed by atoms with Gasteiger partial charge in [-0.2, -0.15) is 0 Å². The summed E-state index contributed by atoms with van der Waals surface area (Å²) in [6, 6.07) is 8.15. The molecule has 2 nitrogen and oxygen atoms in total. The normalized spacial score (nSPS) is 22.1. The van der Waals surface area contributed by atoms with Crippen LogP contribution in [0.1, 0.15) is 56.9 Å². The van der Waals surface area contributed by atoms with E-state index in [0.29, 0.717) is 6.04 Å². The highest BCUT2D eigenvalue weighted by molar-refractivity contribution is 6.31. The molecule has 0 aliphatic heterocycles. The van der Waals surface area contributed by atoms with Crippen molar-refractivity contribution in [2.45, 2.75) is 62.8 Å². The lowest BCUT2D eigenvalue weighted by atomic mass is 9.94. The van der Waals surface area contributed by atoms with E-state index in [1.807, 2.05) is 24.3 Å². The molecule has 0 unspecified atom stereocenters. The maximum absolute atomic E-state index is 12.7. The Hall–Kier alpha value is -1.02. The van der Waals surface area contributed by atoms with Crippen molar-refractivity contribution in [3.05, 3.63) is 34.9 Å². The topological polar surface area (TPSA) is 29.1 Å². The number of amides is 1. The molecule has 3 heteroatoms. The first kappa shape index (κ1) is 13.9. The fourth-order valence-corrected chi connectivity index (χ4v) is 3.66. The molecule has 3 rings (SSSR count). The Balaban J connectivity index is 1.72. The van der Waals surface area contributed by atoms with Gasteiger partial charge in [0.05, 0.1) is 5.41 Å². The molecule has 0 radical (unpaired) electrons. The quantitative estimate of drug-likeness (QED) is 0.831. The van der Waals surface area contributed by atoms with E-state index in [1.54, 1.807) is 0 Å². The van der Waals surface area contributed by atoms with Crippen LogP contribution in [0, 0.1) is 0 Å². The molecule has 0 saturated heterocycles. The highest BCUT2D eigenvalue weighted by atomic mass is 35.5. The zero-order chi connectivity index (χ0) is 14.0. The van der Waals surface area contributed by atoms with Crippen molar-refractivity contribution in [1.82, 2.24) is 5.32 Å². The molecule has 2 saturated carbocycles. The van der Waals surface area contributed by atoms with Crippen molar-refractivity contribution >= 4 is 17.5 Å². The largest absolute Gasteiger partial charge is 0.353 e. The van der Waals surface area contributed by atoms with Crippen molar-refractivity contribution in [3.8, 4) is 0 Å². The summed E-state index contributed by atoms with van der Waals surface area (Å²) < 4.78 is 0. The second-order valence-corrected chi connectivity index (χ2v) is 6.63. The van der Waals surface area contributed by atoms with Crippen molar-refractivity contribution in [1.29, 1.82) is 0 Å². The minimum absolute atomic E-state index is 0.192. The number of carbonyl (C=O) groups is 1. The second kappa shape index (κ2) is 5.77. The van der Waals surface area contributed by atoms with Gasteiger partial charge in [0, 0.05) is 11.1 Å². The van der Waals surface area contributed by atoms with E-state index in [0.717, 1.165) is 36.3 Å². The van der Waals surface area contributed by atoms with Gasteiger partial charge in [-0.15, -0.1) is 0 Å². The fraction of sp³-hybridized carbons (Fsp3) is 0.588. The van der Waals surface area contributed by atoms with Gasteiger partial charge in [0.15, 0.2) is 0 Å². The van der Waals surface area contributed by atoms with E-state index >= 15 is 0 Å². The number of benzene rings is 1. The van der Waals surface area contributed by atoms with Crippen LogP contribution in [-0.2, 0) is 10.2 Å². The molecule has 0 atom stereocenters. The molecule has 1 aromatic rings. The molecule has 0 heterocycles. The predicted molar refractivity (Wildman–Crippen MR) is 82.0 cm³/mol. The molecule has 1 amide bonds. The number of halogens is 1. The Morgan fingerprint density at radius 3 is 2.35 bits per heavy atom. The molecule has 2 aliphatic rings. The van der Waals surface area contributed by atoms with Crippen LogP contribution in [-0.4, -0.2) is 11.9 Å². The van der Waals surface area contributed by atoms with Crippen LogP contribution < -0.4 is 5.32 Å². The van der Waals surface area contributed by atoms with Crippen LogP contribution >= 0.6 is 11.6 Å². The van der Waals surface area contributed by atoms with Gasteiger partial charge in [-0.05, 0) is 37.3 Å². The highest BCUT2D eigenvalue weighted by Gasteiger charge is 2.52. The number of rotatable bonds is 3. The first-order chi connectivity index (χ1) is 9.72. The molecule has 0 bridgehead atoms. The number of carbonyl (C=O) groups excluding carboxylic acids is 1. The lowest BCUT2D eigenvalue weighted by Crippen LogP contribution is -2.41. The summed E-state index contributed by atoms with van der Waals surface area (Å²) in [5.74, 6) is 0.192. The van der Waals surface area contributed by atoms with Crippen molar-refractivity contribution < 1.29 is 4.79 Å². The zero-order valence-electron chi connectivity index (χ0n) is 11.8. The Kier molecular flexibility index (Phi) is 4.02. The van der Waals surface area contributed by atoms with E-state index in [2.05, 4.69) is 5.32 Å². The van der Waals surface area contributed by atoms with Crippen LogP contribution in [0.2, 0.25) is 5.02 Å². The summed E-state index contributed by atoms with van der Waals surface area (Å²) in [5, 5.41) is 4.01. The Morgan fingerprint density at radius 2 is 1.75 bits per heavy atom. The fourth-order valence-electron chi connectivity index (χ4n) is 3.34. The highest BCUT2D eigenvalue weighted by Crippen LogP contribution is 2.50. The van der Waals surface area contributed by atoms with Gasteiger partial charge in [-0.1, -0.05) is 55.5 Å². The predicted octanol–water partition coefficient (Wildman–Crippen LogP) is 4.21. The average molecular weight is 292 g/mol. The first-order valence-electron chi connectivity index (χ1n) is 7.78. The molecule has 1 aromatic carbocycles. The smallest absolute Gasteiger partial charge is 0.230 e. The number of hydrogen-bond acceptors (Lipinski definition) is 1. The van der Waals surface area contributed by atoms with Crippen molar-refractivity contribution in [2.24, 2.45) is 0 Å². The van der Waals surface area contributed by atoms with Gasteiger partial charge in [0.2, 0.25) is 5.91 Å². The zero-order valence-corrected chi connectivity index (χ0v) is 12.6. The number of hydrogen-bond donors (Lipinski definition) is 1. The second-order valence-electron chi connectivity index (χ2n) is 6.22. The van der Waals surface area contributed by atoms with Crippen LogP contribution in [0.5, 0.6) is 0 Å². The summed E-state index contributed by atoms with van der Waals surface area (Å²) in [7, 11) is 0. The molecular weight excluding hydrogens is 270 g/mol. The van der Waals surface area contributed by atoms with Gasteiger partial charge >= 0.3 is 0 Å². The van der Waals surface area contributed by atoms with Crippen molar-refractivity contribution in [2.75, 3.05) is 0 Å². The summed E-state index contributed by atoms with van der Waals surface area (Å²) in [6.07, 6.45) is 9.21. The van der Waals surface area contributed by atoms with Crippen molar-refractivity contribution in [3.63, 3.8) is 0 Å². The Labute approximate surface area is 125 Å².